The maximum atomic E-state index is 13.0. The normalized spacial score (nSPS) is 16.3. The largest absolute Gasteiger partial charge is 0.497 e. The van der Waals surface area contributed by atoms with Gasteiger partial charge in [0.05, 0.1) is 25.8 Å². The highest BCUT2D eigenvalue weighted by molar-refractivity contribution is 5.97. The summed E-state index contributed by atoms with van der Waals surface area (Å²) in [6.07, 6.45) is 1.54. The third-order valence-corrected chi connectivity index (χ3v) is 5.21. The van der Waals surface area contributed by atoms with Gasteiger partial charge in [-0.1, -0.05) is 17.2 Å². The van der Waals surface area contributed by atoms with Gasteiger partial charge in [0.15, 0.2) is 0 Å². The molecule has 1 unspecified atom stereocenters. The van der Waals surface area contributed by atoms with Crippen molar-refractivity contribution >= 4 is 17.5 Å². The highest BCUT2D eigenvalue weighted by Gasteiger charge is 2.29. The number of amides is 2. The average molecular weight is 396 g/mol. The fourth-order valence-electron chi connectivity index (χ4n) is 3.80. The number of rotatable bonds is 5. The van der Waals surface area contributed by atoms with Crippen LogP contribution in [-0.4, -0.2) is 44.0 Å². The minimum absolute atomic E-state index is 0.0201. The maximum absolute atomic E-state index is 13.0. The molecule has 6 nitrogen and oxygen atoms in total. The van der Waals surface area contributed by atoms with Gasteiger partial charge in [-0.2, -0.15) is 0 Å². The summed E-state index contributed by atoms with van der Waals surface area (Å²) in [5.41, 5.74) is 3.36. The van der Waals surface area contributed by atoms with E-state index in [0.717, 1.165) is 24.0 Å². The monoisotopic (exact) mass is 396 g/mol. The van der Waals surface area contributed by atoms with Crippen molar-refractivity contribution in [3.8, 4) is 11.5 Å². The number of likely N-dealkylation sites (tertiary alicyclic amines) is 1. The van der Waals surface area contributed by atoms with Crippen LogP contribution in [0, 0.1) is 19.8 Å². The van der Waals surface area contributed by atoms with Crippen LogP contribution >= 0.6 is 0 Å². The molecule has 1 fully saturated rings. The van der Waals surface area contributed by atoms with E-state index in [1.165, 1.54) is 0 Å². The summed E-state index contributed by atoms with van der Waals surface area (Å²) < 4.78 is 10.6. The highest BCUT2D eigenvalue weighted by Crippen LogP contribution is 2.30. The van der Waals surface area contributed by atoms with Crippen LogP contribution in [0.5, 0.6) is 11.5 Å². The molecule has 1 aliphatic rings. The first-order valence-electron chi connectivity index (χ1n) is 9.81. The highest BCUT2D eigenvalue weighted by atomic mass is 16.5. The predicted molar refractivity (Wildman–Crippen MR) is 113 cm³/mol. The first-order valence-corrected chi connectivity index (χ1v) is 9.81. The van der Waals surface area contributed by atoms with E-state index in [2.05, 4.69) is 5.32 Å². The number of methoxy groups -OCH3 is 2. The topological polar surface area (TPSA) is 67.9 Å². The van der Waals surface area contributed by atoms with Crippen LogP contribution in [-0.2, 0) is 4.79 Å². The molecule has 2 aromatic rings. The first kappa shape index (κ1) is 20.7. The quantitative estimate of drug-likeness (QED) is 0.834. The van der Waals surface area contributed by atoms with E-state index >= 15 is 0 Å². The number of benzene rings is 2. The summed E-state index contributed by atoms with van der Waals surface area (Å²) in [4.78, 5) is 27.7. The number of hydrogen-bond acceptors (Lipinski definition) is 4. The molecule has 1 saturated heterocycles. The minimum Gasteiger partial charge on any atom is -0.497 e. The van der Waals surface area contributed by atoms with Gasteiger partial charge in [0.1, 0.15) is 11.5 Å². The van der Waals surface area contributed by atoms with E-state index in [-0.39, 0.29) is 17.7 Å². The molecule has 29 heavy (non-hydrogen) atoms. The third kappa shape index (κ3) is 4.88. The lowest BCUT2D eigenvalue weighted by Crippen LogP contribution is -2.43. The molecule has 3 rings (SSSR count). The van der Waals surface area contributed by atoms with Crippen LogP contribution in [0.4, 0.5) is 5.69 Å². The fraction of sp³-hybridized carbons (Fsp3) is 0.391. The number of nitrogens with zero attached hydrogens (tertiary/aromatic N) is 1. The van der Waals surface area contributed by atoms with Crippen LogP contribution in [0.3, 0.4) is 0 Å². The number of nitrogens with one attached hydrogen (secondary N) is 1. The zero-order chi connectivity index (χ0) is 21.0. The van der Waals surface area contributed by atoms with Gasteiger partial charge in [0.25, 0.3) is 5.91 Å². The van der Waals surface area contributed by atoms with E-state index < -0.39 is 0 Å². The molecule has 0 radical (unpaired) electrons. The Bertz CT molecular complexity index is 889. The summed E-state index contributed by atoms with van der Waals surface area (Å²) in [7, 11) is 3.13. The molecule has 6 heteroatoms. The number of ether oxygens (including phenoxy) is 2. The number of carbonyl (C=O) groups excluding carboxylic acids is 2. The summed E-state index contributed by atoms with van der Waals surface area (Å²) >= 11 is 0. The Labute approximate surface area is 171 Å². The lowest BCUT2D eigenvalue weighted by Gasteiger charge is -2.32. The van der Waals surface area contributed by atoms with Gasteiger partial charge in [-0.05, 0) is 51.0 Å². The van der Waals surface area contributed by atoms with Crippen molar-refractivity contribution in [3.63, 3.8) is 0 Å². The van der Waals surface area contributed by atoms with Gasteiger partial charge < -0.3 is 19.7 Å². The first-order chi connectivity index (χ1) is 13.9. The van der Waals surface area contributed by atoms with Crippen LogP contribution < -0.4 is 14.8 Å². The molecule has 1 heterocycles. The van der Waals surface area contributed by atoms with Crippen molar-refractivity contribution in [2.75, 3.05) is 32.6 Å². The Kier molecular flexibility index (Phi) is 6.42. The lowest BCUT2D eigenvalue weighted by molar-refractivity contribution is -0.121. The van der Waals surface area contributed by atoms with E-state index in [0.29, 0.717) is 35.8 Å². The Balaban J connectivity index is 1.72. The van der Waals surface area contributed by atoms with Crippen molar-refractivity contribution in [2.45, 2.75) is 26.7 Å². The number of carbonyl (C=O) groups is 2. The van der Waals surface area contributed by atoms with E-state index in [1.807, 2.05) is 32.0 Å². The van der Waals surface area contributed by atoms with E-state index in [1.54, 1.807) is 37.3 Å². The van der Waals surface area contributed by atoms with Crippen LogP contribution in [0.1, 0.15) is 34.3 Å². The number of hydrogen-bond donors (Lipinski definition) is 1. The number of anilines is 1. The number of piperidine rings is 1. The molecule has 0 aromatic heterocycles. The van der Waals surface area contributed by atoms with Crippen molar-refractivity contribution in [3.05, 3.63) is 53.1 Å². The Morgan fingerprint density at radius 1 is 1.03 bits per heavy atom. The fourth-order valence-corrected chi connectivity index (χ4v) is 3.80. The average Bonchev–Trinajstić information content (AvgIpc) is 2.72. The van der Waals surface area contributed by atoms with E-state index in [4.69, 9.17) is 9.47 Å². The van der Waals surface area contributed by atoms with Crippen LogP contribution in [0.25, 0.3) is 0 Å². The van der Waals surface area contributed by atoms with Gasteiger partial charge >= 0.3 is 0 Å². The van der Waals surface area contributed by atoms with Crippen LogP contribution in [0.15, 0.2) is 36.4 Å². The molecule has 1 N–H and O–H groups in total. The SMILES string of the molecule is COc1ccc(OC)c(NC(=O)C2CCCN(C(=O)c3cc(C)cc(C)c3)C2)c1. The second kappa shape index (κ2) is 8.99. The second-order valence-corrected chi connectivity index (χ2v) is 7.52. The molecule has 154 valence electrons. The molecule has 1 aliphatic heterocycles. The Morgan fingerprint density at radius 3 is 2.41 bits per heavy atom. The van der Waals surface area contributed by atoms with Gasteiger partial charge in [-0.15, -0.1) is 0 Å². The van der Waals surface area contributed by atoms with E-state index in [9.17, 15) is 9.59 Å². The van der Waals surface area contributed by atoms with Crippen molar-refractivity contribution in [2.24, 2.45) is 5.92 Å². The van der Waals surface area contributed by atoms with Gasteiger partial charge in [-0.25, -0.2) is 0 Å². The zero-order valence-electron chi connectivity index (χ0n) is 17.5. The summed E-state index contributed by atoms with van der Waals surface area (Å²) in [5, 5.41) is 2.94. The predicted octanol–water partition coefficient (Wildman–Crippen LogP) is 3.81. The Morgan fingerprint density at radius 2 is 1.76 bits per heavy atom. The summed E-state index contributed by atoms with van der Waals surface area (Å²) in [5.74, 6) is 0.798. The molecule has 0 saturated carbocycles. The van der Waals surface area contributed by atoms with Crippen molar-refractivity contribution < 1.29 is 19.1 Å². The Hall–Kier alpha value is -3.02. The van der Waals surface area contributed by atoms with Crippen molar-refractivity contribution in [1.82, 2.24) is 4.90 Å². The second-order valence-electron chi connectivity index (χ2n) is 7.52. The van der Waals surface area contributed by atoms with Crippen LogP contribution in [0.2, 0.25) is 0 Å². The van der Waals surface area contributed by atoms with Gasteiger partial charge in [0.2, 0.25) is 5.91 Å². The molecular weight excluding hydrogens is 368 g/mol. The van der Waals surface area contributed by atoms with Gasteiger partial charge in [0, 0.05) is 24.7 Å². The molecule has 0 spiro atoms. The molecule has 0 aliphatic carbocycles. The standard InChI is InChI=1S/C23H28N2O4/c1-15-10-16(2)12-18(11-15)23(27)25-9-5-6-17(14-25)22(26)24-20-13-19(28-3)7-8-21(20)29-4/h7-8,10-13,17H,5-6,9,14H2,1-4H3,(H,24,26). The summed E-state index contributed by atoms with van der Waals surface area (Å²) in [6.45, 7) is 5.04. The zero-order valence-corrected chi connectivity index (χ0v) is 17.5. The molecule has 2 amide bonds. The smallest absolute Gasteiger partial charge is 0.253 e. The van der Waals surface area contributed by atoms with Crippen molar-refractivity contribution in [1.29, 1.82) is 0 Å². The molecular formula is C23H28N2O4. The number of aryl methyl sites for hydroxylation is 2. The molecule has 2 aromatic carbocycles. The molecule has 1 atom stereocenters. The summed E-state index contributed by atoms with van der Waals surface area (Å²) in [6, 6.07) is 11.1. The molecule has 0 bridgehead atoms. The van der Waals surface area contributed by atoms with Gasteiger partial charge in [-0.3, -0.25) is 9.59 Å². The lowest BCUT2D eigenvalue weighted by atomic mass is 9.96. The third-order valence-electron chi connectivity index (χ3n) is 5.21. The minimum atomic E-state index is -0.269. The maximum Gasteiger partial charge on any atom is 0.253 e.